The molecule has 738 valence electrons. The van der Waals surface area contributed by atoms with E-state index in [1.807, 2.05) is 148 Å². The molecule has 14 rings (SSSR count). The van der Waals surface area contributed by atoms with E-state index in [2.05, 4.69) is 369 Å². The van der Waals surface area contributed by atoms with Gasteiger partial charge in [-0.2, -0.15) is 24.9 Å². The minimum atomic E-state index is -4.28. The Kier molecular flexibility index (Phi) is 45.3. The second-order valence-corrected chi connectivity index (χ2v) is 47.4. The highest BCUT2D eigenvalue weighted by Gasteiger charge is 2.31. The molecule has 1 fully saturated rings. The molecule has 0 amide bonds. The van der Waals surface area contributed by atoms with Crippen molar-refractivity contribution >= 4 is 81.9 Å². The Labute approximate surface area is 842 Å². The number of alkyl halides is 3. The fourth-order valence-electron chi connectivity index (χ4n) is 13.4. The molecule has 0 saturated carbocycles. The quantitative estimate of drug-likeness (QED) is 0.0742. The molecular formula is C127H156F3NO6S2. The smallest absolute Gasteiger partial charge is 0.416 e. The van der Waals surface area contributed by atoms with E-state index in [0.717, 1.165) is 77.4 Å². The number of allylic oxidation sites excluding steroid dienone is 5. The van der Waals surface area contributed by atoms with Crippen LogP contribution in [0.3, 0.4) is 0 Å². The van der Waals surface area contributed by atoms with Crippen LogP contribution in [0.4, 0.5) is 18.9 Å². The average Bonchev–Trinajstić information content (AvgIpc) is 1.54. The number of carbonyl (C=O) groups excluding carboxylic acids is 2. The van der Waals surface area contributed by atoms with Gasteiger partial charge < -0.3 is 23.8 Å². The maximum atomic E-state index is 12.6. The summed E-state index contributed by atoms with van der Waals surface area (Å²) in [6.07, 6.45) is 18.8. The van der Waals surface area contributed by atoms with Gasteiger partial charge in [-0.25, -0.2) is 0 Å². The Morgan fingerprint density at radius 1 is 0.367 bits per heavy atom. The number of ketones is 2. The molecule has 12 aromatic carbocycles. The average molecular weight is 1910 g/mol. The third kappa shape index (κ3) is 48.8. The molecule has 12 aromatic rings. The first-order valence-corrected chi connectivity index (χ1v) is 50.6. The standard InChI is InChI=1S/C21H22O.2C18H20.C16H23NO.C14H17F3.C14H20OS.C13H16O2.C13H18OS/c1-21(2,3)18-13-11-16(12-14-18)15-22-20-10-6-8-17-7-4-5-9-19(17)20;1-18(2,3)13-12-15-8-7-11-17(14-15)16-9-5-4-6-10-16;1-18(2,3)14-13-15-9-11-17(12-10-15)16-7-5-4-6-8-16;1-16(2,3)9-8-14-4-6-15(7-5-14)17-10-12-18-13-11-17;1-10-7-11(5-6-13(2,3)4)9-12(8-10)14(15,16)17;1-14(2,3)16-10-9-13(15)11-12-7-5-4-6-8-12;1-13(2,3)7-6-10-4-5-11-12(8-10)15-9-14-11;1-13(2,3)15-10-12(14)9-11-7-5-4-6-8-11/h4-14H,15H2,1-3H3;2*4-14H,1-3H3;4-9H,10-13H2,1-3H3;5-9H,1-4H3;4-8H,9-11H2,1-3H3;4-8H,9H2,1-3H3;4-8H,9-10H2,1-3H3/b;13-12+;14-13+;9-8+;6-5+;;7-6+;. The first kappa shape index (κ1) is 115. The number of anilines is 1. The summed E-state index contributed by atoms with van der Waals surface area (Å²) in [5.41, 5.74) is 17.7. The second-order valence-electron chi connectivity index (χ2n) is 43.6. The Morgan fingerprint density at radius 3 is 1.28 bits per heavy atom. The van der Waals surface area contributed by atoms with E-state index in [-0.39, 0.29) is 42.0 Å². The summed E-state index contributed by atoms with van der Waals surface area (Å²) in [5, 5.41) is 2.37. The van der Waals surface area contributed by atoms with E-state index in [0.29, 0.717) is 61.1 Å². The van der Waals surface area contributed by atoms with Crippen molar-refractivity contribution in [3.8, 4) is 39.5 Å². The van der Waals surface area contributed by atoms with E-state index in [9.17, 15) is 22.8 Å². The molecule has 0 N–H and O–H groups in total. The Hall–Kier alpha value is -11.4. The molecule has 139 heavy (non-hydrogen) atoms. The predicted octanol–water partition coefficient (Wildman–Crippen LogP) is 35.7. The summed E-state index contributed by atoms with van der Waals surface area (Å²) in [5.74, 6) is 4.80. The Morgan fingerprint density at radius 2 is 0.784 bits per heavy atom. The number of halogens is 3. The van der Waals surface area contributed by atoms with E-state index in [4.69, 9.17) is 18.9 Å². The molecule has 0 atom stereocenters. The fourth-order valence-corrected chi connectivity index (χ4v) is 15.1. The number of nitrogens with zero attached hydrogens (tertiary/aromatic N) is 1. The van der Waals surface area contributed by atoms with E-state index < -0.39 is 11.7 Å². The van der Waals surface area contributed by atoms with Gasteiger partial charge >= 0.3 is 6.18 Å². The number of rotatable bonds is 20. The number of carbonyl (C=O) groups is 2. The van der Waals surface area contributed by atoms with E-state index >= 15 is 0 Å². The van der Waals surface area contributed by atoms with Crippen molar-refractivity contribution in [1.29, 1.82) is 0 Å². The Balaban J connectivity index is 0.000000217. The maximum absolute atomic E-state index is 12.6. The lowest BCUT2D eigenvalue weighted by molar-refractivity contribution is -0.137. The maximum Gasteiger partial charge on any atom is 0.416 e. The van der Waals surface area contributed by atoms with Crippen LogP contribution in [-0.2, 0) is 45.4 Å². The fraction of sp³-hybridized carbons (Fsp3) is 0.354. The lowest BCUT2D eigenvalue weighted by Crippen LogP contribution is -2.36. The van der Waals surface area contributed by atoms with Crippen LogP contribution < -0.4 is 19.1 Å². The summed E-state index contributed by atoms with van der Waals surface area (Å²) in [4.78, 5) is 25.7. The molecule has 2 heterocycles. The molecule has 0 bridgehead atoms. The lowest BCUT2D eigenvalue weighted by atomic mass is 9.87. The molecule has 0 aliphatic carbocycles. The van der Waals surface area contributed by atoms with Crippen LogP contribution in [0.1, 0.15) is 234 Å². The highest BCUT2D eigenvalue weighted by molar-refractivity contribution is 8.01. The third-order valence-electron chi connectivity index (χ3n) is 21.0. The minimum Gasteiger partial charge on any atom is -0.488 e. The first-order valence-electron chi connectivity index (χ1n) is 48.6. The SMILES string of the molecule is CC(C)(C)/C=C/c1ccc(-c2ccccc2)cc1.CC(C)(C)/C=C/c1ccc(N2CCOCC2)cc1.CC(C)(C)/C=C/c1ccc2c(c1)OCO2.CC(C)(C)/C=C/c1cccc(-c2ccccc2)c1.CC(C)(C)SCC(=O)Cc1ccccc1.CC(C)(C)SCCC(=O)Cc1ccccc1.CC(C)(C)c1ccc(COc2cccc3ccccc23)cc1.Cc1cc(/C=C/C(C)(C)C)cc(C(F)(F)F)c1. The summed E-state index contributed by atoms with van der Waals surface area (Å²) in [7, 11) is 0. The van der Waals surface area contributed by atoms with Gasteiger partial charge in [0.1, 0.15) is 23.9 Å². The number of fused-ring (bicyclic) bond motifs is 2. The van der Waals surface area contributed by atoms with Gasteiger partial charge in [0, 0.05) is 58.7 Å². The lowest BCUT2D eigenvalue weighted by Gasteiger charge is -2.28. The number of ether oxygens (including phenoxy) is 4. The van der Waals surface area contributed by atoms with Gasteiger partial charge in [-0.05, 0) is 171 Å². The van der Waals surface area contributed by atoms with Crippen molar-refractivity contribution in [3.63, 3.8) is 0 Å². The summed E-state index contributed by atoms with van der Waals surface area (Å²) in [6, 6.07) is 100. The van der Waals surface area contributed by atoms with Crippen molar-refractivity contribution in [1.82, 2.24) is 0 Å². The molecular weight excluding hydrogens is 1760 g/mol. The number of hydrogen-bond donors (Lipinski definition) is 0. The number of Topliss-reactive ketones (excluding diaryl/α,β-unsaturated/α-hetero) is 2. The zero-order valence-corrected chi connectivity index (χ0v) is 89.3. The summed E-state index contributed by atoms with van der Waals surface area (Å²) < 4.78 is 60.2. The highest BCUT2D eigenvalue weighted by Crippen LogP contribution is 2.37. The van der Waals surface area contributed by atoms with Gasteiger partial charge in [-0.15, -0.1) is 11.8 Å². The molecule has 1 saturated heterocycles. The monoisotopic (exact) mass is 1910 g/mol. The van der Waals surface area contributed by atoms with Crippen molar-refractivity contribution in [2.75, 3.05) is 49.5 Å². The molecule has 0 radical (unpaired) electrons. The van der Waals surface area contributed by atoms with Gasteiger partial charge in [0.2, 0.25) is 6.79 Å². The molecule has 0 aromatic heterocycles. The predicted molar refractivity (Wildman–Crippen MR) is 597 cm³/mol. The van der Waals surface area contributed by atoms with Gasteiger partial charge in [-0.3, -0.25) is 9.59 Å². The van der Waals surface area contributed by atoms with Crippen molar-refractivity contribution in [3.05, 3.63) is 389 Å². The zero-order chi connectivity index (χ0) is 102. The molecule has 0 unspecified atom stereocenters. The molecule has 7 nitrogen and oxygen atoms in total. The van der Waals surface area contributed by atoms with Crippen LogP contribution in [-0.4, -0.2) is 65.7 Å². The number of morpholine rings is 1. The topological polar surface area (TPSA) is 74.3 Å². The number of aryl methyl sites for hydroxylation is 1. The van der Waals surface area contributed by atoms with Gasteiger partial charge in [0.05, 0.1) is 24.5 Å². The Bertz CT molecular complexity index is 5790. The second kappa shape index (κ2) is 55.0. The number of thioether (sulfide) groups is 2. The molecule has 0 spiro atoms. The first-order chi connectivity index (χ1) is 65.2. The zero-order valence-electron chi connectivity index (χ0n) is 87.7. The summed E-state index contributed by atoms with van der Waals surface area (Å²) >= 11 is 3.56. The number of hydrogen-bond acceptors (Lipinski definition) is 9. The number of benzene rings is 12. The van der Waals surface area contributed by atoms with Crippen LogP contribution in [0.5, 0.6) is 17.2 Å². The van der Waals surface area contributed by atoms with Gasteiger partial charge in [0.15, 0.2) is 11.5 Å². The molecule has 2 aliphatic heterocycles. The highest BCUT2D eigenvalue weighted by atomic mass is 32.2. The van der Waals surface area contributed by atoms with Crippen LogP contribution in [0.2, 0.25) is 0 Å². The van der Waals surface area contributed by atoms with Crippen LogP contribution >= 0.6 is 23.5 Å². The van der Waals surface area contributed by atoms with Gasteiger partial charge in [-0.1, -0.05) is 476 Å². The van der Waals surface area contributed by atoms with Crippen molar-refractivity contribution in [2.45, 2.75) is 220 Å². The van der Waals surface area contributed by atoms with Crippen molar-refractivity contribution in [2.24, 2.45) is 27.1 Å². The summed E-state index contributed by atoms with van der Waals surface area (Å²) in [6.45, 7) is 58.4. The molecule has 12 heteroatoms. The minimum absolute atomic E-state index is 0.0395. The van der Waals surface area contributed by atoms with Crippen LogP contribution in [0.15, 0.2) is 328 Å². The largest absolute Gasteiger partial charge is 0.488 e. The molecule has 2 aliphatic rings. The van der Waals surface area contributed by atoms with E-state index in [1.54, 1.807) is 30.8 Å². The third-order valence-corrected chi connectivity index (χ3v) is 23.6. The van der Waals surface area contributed by atoms with Crippen LogP contribution in [0.25, 0.3) is 63.4 Å². The van der Waals surface area contributed by atoms with Gasteiger partial charge in [0.25, 0.3) is 0 Å². The van der Waals surface area contributed by atoms with Crippen LogP contribution in [0, 0.1) is 34.0 Å². The van der Waals surface area contributed by atoms with E-state index in [1.165, 1.54) is 67.2 Å². The van der Waals surface area contributed by atoms with Crippen molar-refractivity contribution < 1.29 is 41.7 Å². The normalized spacial score (nSPS) is 13.0.